The van der Waals surface area contributed by atoms with E-state index >= 15 is 0 Å². The molecular weight excluding hydrogens is 218 g/mol. The lowest BCUT2D eigenvalue weighted by molar-refractivity contribution is -0.129. The van der Waals surface area contributed by atoms with Crippen molar-refractivity contribution in [1.29, 1.82) is 0 Å². The average molecular weight is 237 g/mol. The van der Waals surface area contributed by atoms with Gasteiger partial charge in [0.2, 0.25) is 5.91 Å². The van der Waals surface area contributed by atoms with Crippen molar-refractivity contribution >= 4 is 11.7 Å². The topological polar surface area (TPSA) is 55.4 Å². The molecule has 1 N–H and O–H groups in total. The van der Waals surface area contributed by atoms with Crippen LogP contribution < -0.4 is 5.32 Å². The van der Waals surface area contributed by atoms with Crippen LogP contribution in [0.15, 0.2) is 23.3 Å². The van der Waals surface area contributed by atoms with Crippen LogP contribution in [0.25, 0.3) is 0 Å². The van der Waals surface area contributed by atoms with Crippen LogP contribution in [-0.4, -0.2) is 23.5 Å². The number of rotatable bonds is 3. The van der Waals surface area contributed by atoms with Crippen molar-refractivity contribution < 1.29 is 14.3 Å². The summed E-state index contributed by atoms with van der Waals surface area (Å²) in [7, 11) is 0. The molecule has 0 bridgehead atoms. The number of nitrogens with one attached hydrogen (secondary N) is 1. The van der Waals surface area contributed by atoms with Gasteiger partial charge in [0, 0.05) is 6.92 Å². The maximum absolute atomic E-state index is 11.4. The second-order valence-corrected chi connectivity index (χ2v) is 4.59. The van der Waals surface area contributed by atoms with Crippen molar-refractivity contribution in [2.24, 2.45) is 0 Å². The van der Waals surface area contributed by atoms with Crippen molar-refractivity contribution in [1.82, 2.24) is 5.32 Å². The molecule has 0 radical (unpaired) electrons. The fraction of sp³-hybridized carbons (Fsp3) is 0.538. The molecule has 1 rings (SSSR count). The highest BCUT2D eigenvalue weighted by molar-refractivity contribution is 6.02. The molecule has 1 aliphatic carbocycles. The summed E-state index contributed by atoms with van der Waals surface area (Å²) < 4.78 is 5.84. The quantitative estimate of drug-likeness (QED) is 0.760. The lowest BCUT2D eigenvalue weighted by Crippen LogP contribution is -2.54. The maximum atomic E-state index is 11.4. The van der Waals surface area contributed by atoms with Crippen LogP contribution in [0, 0.1) is 0 Å². The summed E-state index contributed by atoms with van der Waals surface area (Å²) in [5.41, 5.74) is 0.422. The average Bonchev–Trinajstić information content (AvgIpc) is 2.12. The zero-order chi connectivity index (χ0) is 13.2. The van der Waals surface area contributed by atoms with Crippen LogP contribution in [0.2, 0.25) is 0 Å². The summed E-state index contributed by atoms with van der Waals surface area (Å²) in [6.45, 7) is 8.78. The van der Waals surface area contributed by atoms with Crippen molar-refractivity contribution in [3.05, 3.63) is 23.3 Å². The van der Waals surface area contributed by atoms with Crippen LogP contribution in [0.4, 0.5) is 0 Å². The summed E-state index contributed by atoms with van der Waals surface area (Å²) in [6, 6.07) is 0. The Morgan fingerprint density at radius 2 is 1.76 bits per heavy atom. The fourth-order valence-electron chi connectivity index (χ4n) is 2.00. The van der Waals surface area contributed by atoms with Crippen LogP contribution in [0.3, 0.4) is 0 Å². The molecule has 0 unspecified atom stereocenters. The molecule has 94 valence electrons. The molecule has 0 heterocycles. The minimum Gasteiger partial charge on any atom is -0.345 e. The lowest BCUT2D eigenvalue weighted by atomic mass is 9.89. The maximum Gasteiger partial charge on any atom is 0.219 e. The Morgan fingerprint density at radius 3 is 2.12 bits per heavy atom. The Hall–Kier alpha value is -1.42. The minimum atomic E-state index is -0.978. The molecule has 0 saturated heterocycles. The van der Waals surface area contributed by atoms with Crippen molar-refractivity contribution in [2.75, 3.05) is 0 Å². The van der Waals surface area contributed by atoms with Gasteiger partial charge in [-0.1, -0.05) is 0 Å². The number of ketones is 1. The van der Waals surface area contributed by atoms with Gasteiger partial charge in [0.1, 0.15) is 0 Å². The van der Waals surface area contributed by atoms with Crippen molar-refractivity contribution in [3.8, 4) is 0 Å². The SMILES string of the molecule is CC(=O)NC1(OC(C)C)C(C)=CC(=O)C=C1C. The highest BCUT2D eigenvalue weighted by Crippen LogP contribution is 2.31. The first-order valence-electron chi connectivity index (χ1n) is 5.66. The Labute approximate surface area is 102 Å². The van der Waals surface area contributed by atoms with Gasteiger partial charge in [-0.2, -0.15) is 0 Å². The summed E-state index contributed by atoms with van der Waals surface area (Å²) in [4.78, 5) is 22.8. The van der Waals surface area contributed by atoms with Gasteiger partial charge in [-0.25, -0.2) is 0 Å². The van der Waals surface area contributed by atoms with Crippen LogP contribution in [-0.2, 0) is 14.3 Å². The summed E-state index contributed by atoms with van der Waals surface area (Å²) in [5, 5.41) is 2.80. The molecular formula is C13H19NO3. The third kappa shape index (κ3) is 2.82. The smallest absolute Gasteiger partial charge is 0.219 e. The fourth-order valence-corrected chi connectivity index (χ4v) is 2.00. The molecule has 4 nitrogen and oxygen atoms in total. The van der Waals surface area contributed by atoms with E-state index in [1.807, 2.05) is 13.8 Å². The van der Waals surface area contributed by atoms with Gasteiger partial charge in [-0.15, -0.1) is 0 Å². The standard InChI is InChI=1S/C13H19NO3/c1-8(2)17-13(14-11(5)15)9(3)6-12(16)7-10(13)4/h6-8H,1-5H3,(H,14,15). The van der Waals surface area contributed by atoms with Gasteiger partial charge in [0.05, 0.1) is 6.10 Å². The largest absolute Gasteiger partial charge is 0.345 e. The van der Waals surface area contributed by atoms with Gasteiger partial charge >= 0.3 is 0 Å². The van der Waals surface area contributed by atoms with E-state index in [0.717, 1.165) is 0 Å². The van der Waals surface area contributed by atoms with Gasteiger partial charge < -0.3 is 10.1 Å². The zero-order valence-corrected chi connectivity index (χ0v) is 11.0. The molecule has 1 amide bonds. The first-order valence-corrected chi connectivity index (χ1v) is 5.66. The highest BCUT2D eigenvalue weighted by Gasteiger charge is 2.39. The second-order valence-electron chi connectivity index (χ2n) is 4.59. The van der Waals surface area contributed by atoms with E-state index in [4.69, 9.17) is 4.74 Å². The summed E-state index contributed by atoms with van der Waals surface area (Å²) in [5.74, 6) is -0.270. The molecule has 0 saturated carbocycles. The Balaban J connectivity index is 3.21. The van der Waals surface area contributed by atoms with E-state index in [1.54, 1.807) is 13.8 Å². The number of carbonyl (C=O) groups is 2. The lowest BCUT2D eigenvalue weighted by Gasteiger charge is -2.39. The third-order valence-corrected chi connectivity index (χ3v) is 2.59. The molecule has 0 fully saturated rings. The summed E-state index contributed by atoms with van der Waals surface area (Å²) in [6.07, 6.45) is 2.91. The molecule has 4 heteroatoms. The van der Waals surface area contributed by atoms with E-state index in [-0.39, 0.29) is 17.8 Å². The van der Waals surface area contributed by atoms with Gasteiger partial charge in [0.15, 0.2) is 11.5 Å². The van der Waals surface area contributed by atoms with E-state index in [1.165, 1.54) is 19.1 Å². The Morgan fingerprint density at radius 1 is 1.29 bits per heavy atom. The van der Waals surface area contributed by atoms with Crippen molar-refractivity contribution in [3.63, 3.8) is 0 Å². The number of allylic oxidation sites excluding steroid dienone is 2. The number of hydrogen-bond donors (Lipinski definition) is 1. The van der Waals surface area contributed by atoms with E-state index in [9.17, 15) is 9.59 Å². The number of amides is 1. The monoisotopic (exact) mass is 237 g/mol. The second kappa shape index (κ2) is 4.84. The molecule has 0 aromatic heterocycles. The molecule has 1 aliphatic rings. The predicted molar refractivity (Wildman–Crippen MR) is 65.3 cm³/mol. The molecule has 0 atom stereocenters. The number of carbonyl (C=O) groups excluding carboxylic acids is 2. The first kappa shape index (κ1) is 13.6. The Bertz CT molecular complexity index is 383. The summed E-state index contributed by atoms with van der Waals surface area (Å²) >= 11 is 0. The normalized spacial score (nSPS) is 18.8. The van der Waals surface area contributed by atoms with E-state index in [0.29, 0.717) is 11.1 Å². The predicted octanol–water partition coefficient (Wildman–Crippen LogP) is 1.72. The van der Waals surface area contributed by atoms with Gasteiger partial charge in [-0.05, 0) is 51.0 Å². The highest BCUT2D eigenvalue weighted by atomic mass is 16.5. The van der Waals surface area contributed by atoms with E-state index in [2.05, 4.69) is 5.32 Å². The zero-order valence-electron chi connectivity index (χ0n) is 11.0. The molecule has 0 aromatic rings. The molecule has 0 aliphatic heterocycles. The first-order chi connectivity index (χ1) is 7.78. The van der Waals surface area contributed by atoms with Crippen LogP contribution in [0.1, 0.15) is 34.6 Å². The van der Waals surface area contributed by atoms with Crippen molar-refractivity contribution in [2.45, 2.75) is 46.4 Å². The minimum absolute atomic E-state index is 0.0678. The van der Waals surface area contributed by atoms with Gasteiger partial charge in [-0.3, -0.25) is 9.59 Å². The number of ether oxygens (including phenoxy) is 1. The van der Waals surface area contributed by atoms with Gasteiger partial charge in [0.25, 0.3) is 0 Å². The molecule has 0 aromatic carbocycles. The number of hydrogen-bond acceptors (Lipinski definition) is 3. The Kier molecular flexibility index (Phi) is 3.88. The third-order valence-electron chi connectivity index (χ3n) is 2.59. The van der Waals surface area contributed by atoms with Crippen LogP contribution in [0.5, 0.6) is 0 Å². The van der Waals surface area contributed by atoms with Crippen LogP contribution >= 0.6 is 0 Å². The van der Waals surface area contributed by atoms with E-state index < -0.39 is 5.72 Å². The molecule has 17 heavy (non-hydrogen) atoms. The molecule has 0 spiro atoms.